The third-order valence-electron chi connectivity index (χ3n) is 11.8. The minimum atomic E-state index is -0.299. The van der Waals surface area contributed by atoms with E-state index in [2.05, 4.69) is 45.9 Å². The molecule has 4 aromatic rings. The van der Waals surface area contributed by atoms with Crippen LogP contribution in [0.15, 0.2) is 48.5 Å². The zero-order valence-corrected chi connectivity index (χ0v) is 43.8. The van der Waals surface area contributed by atoms with Crippen LogP contribution in [-0.4, -0.2) is 91.5 Å². The van der Waals surface area contributed by atoms with Gasteiger partial charge in [0, 0.05) is 120 Å². The molecule has 2 N–H and O–H groups in total. The monoisotopic (exact) mass is 979 g/mol. The van der Waals surface area contributed by atoms with Gasteiger partial charge in [-0.15, -0.1) is 0 Å². The summed E-state index contributed by atoms with van der Waals surface area (Å²) in [7, 11) is 6.59. The van der Waals surface area contributed by atoms with Gasteiger partial charge in [0.15, 0.2) is 0 Å². The van der Waals surface area contributed by atoms with Crippen LogP contribution in [0, 0.1) is 45.3 Å². The number of nitrogens with zero attached hydrogens (tertiary/aromatic N) is 4. The number of phenols is 2. The van der Waals surface area contributed by atoms with Gasteiger partial charge in [-0.05, 0) is 49.9 Å². The minimum Gasteiger partial charge on any atom is -0.508 e. The lowest BCUT2D eigenvalue weighted by molar-refractivity contribution is 0.00485. The summed E-state index contributed by atoms with van der Waals surface area (Å²) in [5.41, 5.74) is 7.01. The first kappa shape index (κ1) is 60.2. The average Bonchev–Trinajstić information content (AvgIpc) is 3.36. The summed E-state index contributed by atoms with van der Waals surface area (Å²) in [5.74, 6) is 2.98. The van der Waals surface area contributed by atoms with Crippen molar-refractivity contribution in [2.24, 2.45) is 0 Å². The van der Waals surface area contributed by atoms with Gasteiger partial charge in [-0.2, -0.15) is 21.0 Å². The summed E-state index contributed by atoms with van der Waals surface area (Å²) in [6.07, 6.45) is 2.69. The fourth-order valence-corrected chi connectivity index (χ4v) is 8.94. The molecule has 1 aliphatic carbocycles. The number of rotatable bonds is 8. The second kappa shape index (κ2) is 32.8. The summed E-state index contributed by atoms with van der Waals surface area (Å²) < 4.78 is 55.1. The Morgan fingerprint density at radius 3 is 0.873 bits per heavy atom. The third kappa shape index (κ3) is 16.1. The Balaban J connectivity index is 0.00000131. The van der Waals surface area contributed by atoms with Crippen molar-refractivity contribution >= 4 is 0 Å². The summed E-state index contributed by atoms with van der Waals surface area (Å²) in [6, 6.07) is 22.9. The third-order valence-corrected chi connectivity index (χ3v) is 11.8. The summed E-state index contributed by atoms with van der Waals surface area (Å²) in [4.78, 5) is 0. The van der Waals surface area contributed by atoms with Crippen molar-refractivity contribution in [3.05, 3.63) is 93.0 Å². The Labute approximate surface area is 421 Å². The molecule has 71 heavy (non-hydrogen) atoms. The fourth-order valence-electron chi connectivity index (χ4n) is 8.94. The highest BCUT2D eigenvalue weighted by Gasteiger charge is 2.33. The van der Waals surface area contributed by atoms with Crippen molar-refractivity contribution in [3.8, 4) is 70.3 Å². The molecule has 0 amide bonds. The SMILES string of the molecule is CC#N.CC#N.CC#N.CC#N.CC[C@H]1c2cc(c(O)cc2OC)[C@@H](CC)c2cc(c(O)cc2OC)[C@@H](CC)c2cc3c(cc2OC)OCCOCCOCCOCCOc2cc(OC)c(cc21)[C@@H]3CC. The van der Waals surface area contributed by atoms with Crippen molar-refractivity contribution < 1.29 is 52.8 Å². The second-order valence-corrected chi connectivity index (χ2v) is 15.8. The Kier molecular flexibility index (Phi) is 27.9. The van der Waals surface area contributed by atoms with Crippen LogP contribution in [0.4, 0.5) is 0 Å². The molecule has 4 aromatic carbocycles. The zero-order chi connectivity index (χ0) is 52.9. The number of benzene rings is 4. The molecule has 0 radical (unpaired) electrons. The molecule has 0 saturated carbocycles. The van der Waals surface area contributed by atoms with Gasteiger partial charge in [-0.3, -0.25) is 0 Å². The van der Waals surface area contributed by atoms with E-state index in [1.807, 2.05) is 18.2 Å². The number of nitriles is 4. The van der Waals surface area contributed by atoms with Crippen LogP contribution in [0.2, 0.25) is 0 Å². The van der Waals surface area contributed by atoms with E-state index in [1.54, 1.807) is 64.8 Å². The van der Waals surface area contributed by atoms with E-state index in [0.717, 1.165) is 44.5 Å². The topological polar surface area (TPSA) is 219 Å². The highest BCUT2D eigenvalue weighted by Crippen LogP contribution is 2.52. The van der Waals surface area contributed by atoms with Crippen molar-refractivity contribution in [2.45, 2.75) is 105 Å². The quantitative estimate of drug-likeness (QED) is 0.168. The van der Waals surface area contributed by atoms with Crippen LogP contribution in [0.25, 0.3) is 0 Å². The molecular weight excluding hydrogens is 905 g/mol. The average molecular weight is 979 g/mol. The van der Waals surface area contributed by atoms with E-state index in [9.17, 15) is 10.2 Å². The predicted octanol–water partition coefficient (Wildman–Crippen LogP) is 11.6. The normalized spacial score (nSPS) is 17.2. The number of methoxy groups -OCH3 is 4. The van der Waals surface area contributed by atoms with Crippen LogP contribution in [-0.2, 0) is 14.2 Å². The van der Waals surface area contributed by atoms with Gasteiger partial charge in [0.25, 0.3) is 0 Å². The predicted molar refractivity (Wildman–Crippen MR) is 272 cm³/mol. The summed E-state index contributed by atoms with van der Waals surface area (Å²) >= 11 is 0. The molecule has 1 aliphatic heterocycles. The lowest BCUT2D eigenvalue weighted by Crippen LogP contribution is -2.17. The second-order valence-electron chi connectivity index (χ2n) is 15.8. The van der Waals surface area contributed by atoms with E-state index in [0.29, 0.717) is 113 Å². The maximum Gasteiger partial charge on any atom is 0.126 e. The van der Waals surface area contributed by atoms with Crippen LogP contribution in [0.5, 0.6) is 46.0 Å². The van der Waals surface area contributed by atoms with Gasteiger partial charge in [0.2, 0.25) is 0 Å². The fraction of sp³-hybridized carbons (Fsp3) is 0.500. The molecular formula is C56H74N4O11. The molecule has 0 unspecified atom stereocenters. The summed E-state index contributed by atoms with van der Waals surface area (Å²) in [6.45, 7) is 17.3. The Morgan fingerprint density at radius 1 is 0.394 bits per heavy atom. The number of phenolic OH excluding ortho intramolecular Hbond substituents is 2. The number of fused-ring (bicyclic) bond motifs is 9. The Hall–Kier alpha value is -6.88. The molecule has 2 aliphatic rings. The highest BCUT2D eigenvalue weighted by molar-refractivity contribution is 5.63. The smallest absolute Gasteiger partial charge is 0.126 e. The van der Waals surface area contributed by atoms with Crippen LogP contribution in [0.3, 0.4) is 0 Å². The van der Waals surface area contributed by atoms with E-state index in [-0.39, 0.29) is 35.2 Å². The number of aromatic hydroxyl groups is 2. The Bertz CT molecular complexity index is 2370. The number of ether oxygens (including phenoxy) is 9. The number of hydrogen-bond donors (Lipinski definition) is 2. The molecule has 4 atom stereocenters. The largest absolute Gasteiger partial charge is 0.508 e. The lowest BCUT2D eigenvalue weighted by atomic mass is 9.77. The first-order valence-electron chi connectivity index (χ1n) is 23.9. The first-order valence-corrected chi connectivity index (χ1v) is 23.9. The summed E-state index contributed by atoms with van der Waals surface area (Å²) in [5, 5.41) is 52.9. The molecule has 1 heterocycles. The van der Waals surface area contributed by atoms with Crippen molar-refractivity contribution in [2.75, 3.05) is 81.3 Å². The van der Waals surface area contributed by atoms with Gasteiger partial charge < -0.3 is 52.8 Å². The lowest BCUT2D eigenvalue weighted by Gasteiger charge is -2.30. The maximum absolute atomic E-state index is 11.8. The van der Waals surface area contributed by atoms with Crippen LogP contribution >= 0.6 is 0 Å². The number of hydrogen-bond acceptors (Lipinski definition) is 15. The van der Waals surface area contributed by atoms with Gasteiger partial charge in [0.05, 0.1) is 92.4 Å². The maximum atomic E-state index is 11.8. The van der Waals surface area contributed by atoms with Gasteiger partial charge >= 0.3 is 0 Å². The van der Waals surface area contributed by atoms with E-state index in [4.69, 9.17) is 63.7 Å². The molecule has 384 valence electrons. The van der Waals surface area contributed by atoms with E-state index < -0.39 is 0 Å². The van der Waals surface area contributed by atoms with Crippen molar-refractivity contribution in [1.82, 2.24) is 0 Å². The minimum absolute atomic E-state index is 0.114. The van der Waals surface area contributed by atoms with Gasteiger partial charge in [0.1, 0.15) is 59.2 Å². The van der Waals surface area contributed by atoms with Crippen LogP contribution in [0.1, 0.15) is 149 Å². The molecule has 0 spiro atoms. The van der Waals surface area contributed by atoms with E-state index in [1.165, 1.54) is 27.7 Å². The van der Waals surface area contributed by atoms with E-state index >= 15 is 0 Å². The molecule has 0 saturated heterocycles. The van der Waals surface area contributed by atoms with Crippen molar-refractivity contribution in [3.63, 3.8) is 0 Å². The standard InChI is InChI=1S/C48H62O11.4C2H3N/c1-9-29-34-22-36(44(52-6)26-42(34)50)31(11-3)40-24-38-32(12-4)39-23-37(30(10-2)33-21-35(29)43(51-5)25-41(33)49)45(53-7)27-47(39)58-19-17-56-15-13-55-14-16-57-18-20-59-48(40)28-46(38)54-8;4*1-2-3/h21-32,49-50H,9-20H2,1-8H3;4*1H3/t29-,30-,31+,32+;;;;/m1..../s1. The first-order chi connectivity index (χ1) is 34.4. The molecule has 15 nitrogen and oxygen atoms in total. The molecule has 9 bridgehead atoms. The molecule has 0 fully saturated rings. The van der Waals surface area contributed by atoms with Gasteiger partial charge in [-0.25, -0.2) is 0 Å². The van der Waals surface area contributed by atoms with Gasteiger partial charge in [-0.1, -0.05) is 27.7 Å². The van der Waals surface area contributed by atoms with Crippen molar-refractivity contribution in [1.29, 1.82) is 21.0 Å². The molecule has 15 heteroatoms. The molecule has 6 rings (SSSR count). The highest BCUT2D eigenvalue weighted by atomic mass is 16.6. The molecule has 0 aromatic heterocycles. The zero-order valence-electron chi connectivity index (χ0n) is 43.8. The Morgan fingerprint density at radius 2 is 0.620 bits per heavy atom. The van der Waals surface area contributed by atoms with Crippen LogP contribution < -0.4 is 28.4 Å².